The van der Waals surface area contributed by atoms with Crippen LogP contribution in [0.15, 0.2) is 65.8 Å². The maximum atomic E-state index is 12.0. The third kappa shape index (κ3) is 3.54. The summed E-state index contributed by atoms with van der Waals surface area (Å²) < 4.78 is 0. The molecular formula is C17H18N2O. The largest absolute Gasteiger partial charge is 0.271 e. The van der Waals surface area contributed by atoms with Crippen molar-refractivity contribution in [1.82, 2.24) is 5.43 Å². The van der Waals surface area contributed by atoms with Crippen molar-refractivity contribution in [2.24, 2.45) is 11.0 Å². The Morgan fingerprint density at radius 2 is 1.40 bits per heavy atom. The highest BCUT2D eigenvalue weighted by Crippen LogP contribution is 2.09. The van der Waals surface area contributed by atoms with Gasteiger partial charge < -0.3 is 0 Å². The number of hydrogen-bond donors (Lipinski definition) is 1. The monoisotopic (exact) mass is 266 g/mol. The van der Waals surface area contributed by atoms with Gasteiger partial charge in [0.05, 0.1) is 5.71 Å². The highest BCUT2D eigenvalue weighted by Gasteiger charge is 2.09. The molecule has 0 aliphatic rings. The Balaban J connectivity index is 2.17. The number of benzene rings is 2. The zero-order valence-corrected chi connectivity index (χ0v) is 11.7. The zero-order chi connectivity index (χ0) is 14.4. The summed E-state index contributed by atoms with van der Waals surface area (Å²) in [5.74, 6) is 0.0353. The second kappa shape index (κ2) is 6.66. The Hall–Kier alpha value is -2.42. The Labute approximate surface area is 119 Å². The third-order valence-corrected chi connectivity index (χ3v) is 2.93. The first-order chi connectivity index (χ1) is 9.68. The summed E-state index contributed by atoms with van der Waals surface area (Å²) in [7, 11) is 0. The van der Waals surface area contributed by atoms with Gasteiger partial charge in [-0.15, -0.1) is 0 Å². The summed E-state index contributed by atoms with van der Waals surface area (Å²) >= 11 is 0. The molecule has 0 spiro atoms. The third-order valence-electron chi connectivity index (χ3n) is 2.93. The van der Waals surface area contributed by atoms with Gasteiger partial charge in [0.1, 0.15) is 0 Å². The first-order valence-electron chi connectivity index (χ1n) is 6.67. The van der Waals surface area contributed by atoms with Crippen molar-refractivity contribution in [1.29, 1.82) is 0 Å². The Kier molecular flexibility index (Phi) is 4.66. The van der Waals surface area contributed by atoms with Crippen molar-refractivity contribution < 1.29 is 4.79 Å². The van der Waals surface area contributed by atoms with Gasteiger partial charge in [-0.05, 0) is 23.6 Å². The van der Waals surface area contributed by atoms with Gasteiger partial charge in [-0.1, -0.05) is 62.4 Å². The van der Waals surface area contributed by atoms with Gasteiger partial charge in [-0.25, -0.2) is 5.43 Å². The number of nitrogens with zero attached hydrogens (tertiary/aromatic N) is 1. The fourth-order valence-corrected chi connectivity index (χ4v) is 1.90. The summed E-state index contributed by atoms with van der Waals surface area (Å²) in [5, 5.41) is 4.29. The number of carbonyl (C=O) groups is 1. The second-order valence-electron chi connectivity index (χ2n) is 4.82. The second-order valence-corrected chi connectivity index (χ2v) is 4.82. The van der Waals surface area contributed by atoms with E-state index in [1.54, 1.807) is 12.1 Å². The predicted octanol–water partition coefficient (Wildman–Crippen LogP) is 3.48. The zero-order valence-electron chi connectivity index (χ0n) is 11.7. The molecule has 3 nitrogen and oxygen atoms in total. The molecule has 0 bridgehead atoms. The molecule has 2 rings (SSSR count). The molecule has 2 aromatic carbocycles. The van der Waals surface area contributed by atoms with Crippen LogP contribution in [0.4, 0.5) is 0 Å². The van der Waals surface area contributed by atoms with Crippen molar-refractivity contribution in [3.63, 3.8) is 0 Å². The molecule has 0 aliphatic heterocycles. The van der Waals surface area contributed by atoms with E-state index in [1.807, 2.05) is 48.5 Å². The van der Waals surface area contributed by atoms with Crippen LogP contribution in [-0.2, 0) is 0 Å². The molecule has 2 aromatic rings. The number of hydrazone groups is 1. The lowest BCUT2D eigenvalue weighted by Gasteiger charge is -2.10. The molecule has 20 heavy (non-hydrogen) atoms. The lowest BCUT2D eigenvalue weighted by molar-refractivity contribution is 0.0954. The quantitative estimate of drug-likeness (QED) is 0.668. The first-order valence-corrected chi connectivity index (χ1v) is 6.67. The highest BCUT2D eigenvalue weighted by molar-refractivity contribution is 6.03. The topological polar surface area (TPSA) is 41.5 Å². The normalized spacial score (nSPS) is 11.4. The van der Waals surface area contributed by atoms with E-state index in [1.165, 1.54) is 0 Å². The van der Waals surface area contributed by atoms with Crippen molar-refractivity contribution in [3.05, 3.63) is 71.8 Å². The van der Waals surface area contributed by atoms with Gasteiger partial charge in [0.15, 0.2) is 0 Å². The standard InChI is InChI=1S/C17H18N2O/c1-13(2)16(14-9-5-3-6-10-14)18-19-17(20)15-11-7-4-8-12-15/h3-13H,1-2H3,(H,19,20)/b18-16+. The lowest BCUT2D eigenvalue weighted by atomic mass is 10.0. The summed E-state index contributed by atoms with van der Waals surface area (Å²) in [6.07, 6.45) is 0. The molecule has 1 amide bonds. The number of carbonyl (C=O) groups excluding carboxylic acids is 1. The molecular weight excluding hydrogens is 248 g/mol. The van der Waals surface area contributed by atoms with Crippen LogP contribution in [0.2, 0.25) is 0 Å². The van der Waals surface area contributed by atoms with E-state index >= 15 is 0 Å². The minimum absolute atomic E-state index is 0.195. The van der Waals surface area contributed by atoms with Gasteiger partial charge in [-0.2, -0.15) is 5.10 Å². The van der Waals surface area contributed by atoms with Crippen LogP contribution in [0.3, 0.4) is 0 Å². The van der Waals surface area contributed by atoms with Crippen molar-refractivity contribution in [3.8, 4) is 0 Å². The Bertz CT molecular complexity index is 589. The minimum atomic E-state index is -0.195. The number of nitrogens with one attached hydrogen (secondary N) is 1. The van der Waals surface area contributed by atoms with Crippen LogP contribution in [-0.4, -0.2) is 11.6 Å². The molecule has 0 saturated carbocycles. The SMILES string of the molecule is CC(C)/C(=N\NC(=O)c1ccccc1)c1ccccc1. The number of hydrogen-bond acceptors (Lipinski definition) is 2. The summed E-state index contributed by atoms with van der Waals surface area (Å²) in [6.45, 7) is 4.11. The van der Waals surface area contributed by atoms with E-state index in [9.17, 15) is 4.79 Å². The van der Waals surface area contributed by atoms with Gasteiger partial charge >= 0.3 is 0 Å². The Morgan fingerprint density at radius 3 is 1.90 bits per heavy atom. The maximum Gasteiger partial charge on any atom is 0.271 e. The van der Waals surface area contributed by atoms with E-state index in [2.05, 4.69) is 24.4 Å². The molecule has 102 valence electrons. The van der Waals surface area contributed by atoms with Crippen molar-refractivity contribution >= 4 is 11.6 Å². The van der Waals surface area contributed by atoms with E-state index in [4.69, 9.17) is 0 Å². The van der Waals surface area contributed by atoms with E-state index in [0.717, 1.165) is 11.3 Å². The first kappa shape index (κ1) is 14.0. The highest BCUT2D eigenvalue weighted by atomic mass is 16.2. The number of rotatable bonds is 4. The minimum Gasteiger partial charge on any atom is -0.267 e. The van der Waals surface area contributed by atoms with E-state index < -0.39 is 0 Å². The molecule has 0 heterocycles. The fourth-order valence-electron chi connectivity index (χ4n) is 1.90. The summed E-state index contributed by atoms with van der Waals surface area (Å²) in [5.41, 5.74) is 5.13. The molecule has 0 unspecified atom stereocenters. The molecule has 0 atom stereocenters. The Morgan fingerprint density at radius 1 is 0.900 bits per heavy atom. The smallest absolute Gasteiger partial charge is 0.267 e. The van der Waals surface area contributed by atoms with Crippen LogP contribution in [0.25, 0.3) is 0 Å². The molecule has 0 radical (unpaired) electrons. The molecule has 3 heteroatoms. The fraction of sp³-hybridized carbons (Fsp3) is 0.176. The van der Waals surface area contributed by atoms with Crippen LogP contribution >= 0.6 is 0 Å². The molecule has 0 aliphatic carbocycles. The van der Waals surface area contributed by atoms with Crippen LogP contribution in [0.1, 0.15) is 29.8 Å². The predicted molar refractivity (Wildman–Crippen MR) is 81.7 cm³/mol. The van der Waals surface area contributed by atoms with Crippen LogP contribution < -0.4 is 5.43 Å². The molecule has 0 saturated heterocycles. The van der Waals surface area contributed by atoms with Gasteiger partial charge in [0, 0.05) is 5.56 Å². The van der Waals surface area contributed by atoms with Crippen molar-refractivity contribution in [2.75, 3.05) is 0 Å². The molecule has 0 aromatic heterocycles. The van der Waals surface area contributed by atoms with Gasteiger partial charge in [-0.3, -0.25) is 4.79 Å². The summed E-state index contributed by atoms with van der Waals surface area (Å²) in [6, 6.07) is 19.0. The average molecular weight is 266 g/mol. The molecule has 1 N–H and O–H groups in total. The van der Waals surface area contributed by atoms with Gasteiger partial charge in [0.25, 0.3) is 5.91 Å². The van der Waals surface area contributed by atoms with Crippen molar-refractivity contribution in [2.45, 2.75) is 13.8 Å². The number of amides is 1. The molecule has 0 fully saturated rings. The lowest BCUT2D eigenvalue weighted by Crippen LogP contribution is -2.22. The van der Waals surface area contributed by atoms with Crippen LogP contribution in [0.5, 0.6) is 0 Å². The van der Waals surface area contributed by atoms with Gasteiger partial charge in [0.2, 0.25) is 0 Å². The summed E-state index contributed by atoms with van der Waals surface area (Å²) in [4.78, 5) is 12.0. The van der Waals surface area contributed by atoms with Crippen LogP contribution in [0, 0.1) is 5.92 Å². The maximum absolute atomic E-state index is 12.0. The average Bonchev–Trinajstić information content (AvgIpc) is 2.49. The van der Waals surface area contributed by atoms with E-state index in [-0.39, 0.29) is 11.8 Å². The van der Waals surface area contributed by atoms with E-state index in [0.29, 0.717) is 5.56 Å².